The van der Waals surface area contributed by atoms with Gasteiger partial charge in [-0.1, -0.05) is 23.2 Å². The number of phenols is 1. The molecule has 0 aliphatic heterocycles. The smallest absolute Gasteiger partial charge is 0.293 e. The summed E-state index contributed by atoms with van der Waals surface area (Å²) >= 11 is 11.9. The molecule has 0 unspecified atom stereocenters. The van der Waals surface area contributed by atoms with Gasteiger partial charge in [0.25, 0.3) is 5.69 Å². The maximum atomic E-state index is 12.5. The lowest BCUT2D eigenvalue weighted by molar-refractivity contribution is -0.383. The zero-order chi connectivity index (χ0) is 15.3. The van der Waals surface area contributed by atoms with E-state index in [1.54, 1.807) is 0 Å². The van der Waals surface area contributed by atoms with Gasteiger partial charge in [-0.3, -0.25) is 14.9 Å². The van der Waals surface area contributed by atoms with E-state index >= 15 is 0 Å². The normalized spacial score (nSPS) is 11.1. The Labute approximate surface area is 126 Å². The molecule has 0 aliphatic carbocycles. The first-order chi connectivity index (χ1) is 9.91. The van der Waals surface area contributed by atoms with E-state index < -0.39 is 10.4 Å². The van der Waals surface area contributed by atoms with Crippen LogP contribution in [0.4, 0.5) is 5.69 Å². The Hall–Kier alpha value is -2.31. The molecule has 0 saturated heterocycles. The molecular weight excluding hydrogens is 319 g/mol. The first-order valence-corrected chi connectivity index (χ1v) is 6.47. The van der Waals surface area contributed by atoms with Gasteiger partial charge < -0.3 is 10.1 Å². The highest BCUT2D eigenvalue weighted by Gasteiger charge is 2.20. The van der Waals surface area contributed by atoms with Crippen molar-refractivity contribution in [2.45, 2.75) is 0 Å². The topological polar surface area (TPSA) is 96.2 Å². The fourth-order valence-electron chi connectivity index (χ4n) is 2.22. The zero-order valence-corrected chi connectivity index (χ0v) is 11.7. The minimum Gasteiger partial charge on any atom is -0.506 e. The lowest BCUT2D eigenvalue weighted by Crippen LogP contribution is -2.07. The maximum Gasteiger partial charge on any atom is 0.293 e. The molecule has 0 radical (unpaired) electrons. The summed E-state index contributed by atoms with van der Waals surface area (Å²) in [7, 11) is 0. The standard InChI is InChI=1S/C13H6Cl2N2O4/c14-5-1-3-7(17(20)21)12-9(5)13(19)10-6(16-12)2-4-8(18)11(10)15/h1-4,18H,(H,16,19). The summed E-state index contributed by atoms with van der Waals surface area (Å²) in [5.74, 6) is -0.254. The van der Waals surface area contributed by atoms with E-state index in [9.17, 15) is 20.0 Å². The predicted molar refractivity (Wildman–Crippen MR) is 80.4 cm³/mol. The van der Waals surface area contributed by atoms with E-state index in [1.165, 1.54) is 24.3 Å². The number of aromatic amines is 1. The van der Waals surface area contributed by atoms with Crippen LogP contribution in [0.5, 0.6) is 5.75 Å². The Morgan fingerprint density at radius 2 is 1.86 bits per heavy atom. The van der Waals surface area contributed by atoms with E-state index in [2.05, 4.69) is 4.98 Å². The summed E-state index contributed by atoms with van der Waals surface area (Å²) in [4.78, 5) is 25.8. The molecule has 2 aromatic carbocycles. The van der Waals surface area contributed by atoms with Crippen LogP contribution in [0.3, 0.4) is 0 Å². The Balaban J connectivity index is 2.66. The third-order valence-electron chi connectivity index (χ3n) is 3.16. The number of nitro groups is 1. The highest BCUT2D eigenvalue weighted by molar-refractivity contribution is 6.38. The number of H-pyrrole nitrogens is 1. The number of rotatable bonds is 1. The van der Waals surface area contributed by atoms with Gasteiger partial charge in [-0.05, 0) is 18.2 Å². The highest BCUT2D eigenvalue weighted by atomic mass is 35.5. The number of phenolic OH excluding ortho intramolecular Hbond substituents is 1. The highest BCUT2D eigenvalue weighted by Crippen LogP contribution is 2.34. The van der Waals surface area contributed by atoms with Crippen molar-refractivity contribution in [3.8, 4) is 5.75 Å². The molecule has 3 rings (SSSR count). The van der Waals surface area contributed by atoms with Crippen LogP contribution in [0.2, 0.25) is 10.0 Å². The number of non-ortho nitro benzene ring substituents is 1. The van der Waals surface area contributed by atoms with Crippen LogP contribution in [0.15, 0.2) is 29.1 Å². The molecule has 0 atom stereocenters. The molecule has 3 aromatic rings. The molecule has 0 aliphatic rings. The van der Waals surface area contributed by atoms with Crippen LogP contribution in [-0.2, 0) is 0 Å². The molecule has 0 saturated carbocycles. The molecule has 2 N–H and O–H groups in total. The van der Waals surface area contributed by atoms with Gasteiger partial charge in [0, 0.05) is 6.07 Å². The number of halogens is 2. The molecule has 0 fully saturated rings. The molecule has 6 nitrogen and oxygen atoms in total. The largest absolute Gasteiger partial charge is 0.506 e. The number of pyridine rings is 1. The Kier molecular flexibility index (Phi) is 3.00. The van der Waals surface area contributed by atoms with Crippen molar-refractivity contribution >= 4 is 50.7 Å². The number of fused-ring (bicyclic) bond motifs is 2. The van der Waals surface area contributed by atoms with Crippen molar-refractivity contribution in [1.29, 1.82) is 0 Å². The molecule has 0 spiro atoms. The number of benzene rings is 2. The van der Waals surface area contributed by atoms with Crippen molar-refractivity contribution in [2.24, 2.45) is 0 Å². The second-order valence-electron chi connectivity index (χ2n) is 4.35. The minimum atomic E-state index is -0.609. The minimum absolute atomic E-state index is 0.0201. The lowest BCUT2D eigenvalue weighted by atomic mass is 10.1. The number of aromatic nitrogens is 1. The van der Waals surface area contributed by atoms with Gasteiger partial charge in [-0.15, -0.1) is 0 Å². The Bertz CT molecular complexity index is 981. The molecule has 1 aromatic heterocycles. The summed E-state index contributed by atoms with van der Waals surface area (Å²) < 4.78 is 0. The quantitative estimate of drug-likeness (QED) is 0.406. The van der Waals surface area contributed by atoms with Gasteiger partial charge in [-0.25, -0.2) is 0 Å². The Morgan fingerprint density at radius 3 is 2.52 bits per heavy atom. The molecule has 106 valence electrons. The number of nitro benzene ring substituents is 1. The van der Waals surface area contributed by atoms with Gasteiger partial charge in [0.05, 0.1) is 31.3 Å². The van der Waals surface area contributed by atoms with Gasteiger partial charge in [0.1, 0.15) is 11.3 Å². The summed E-state index contributed by atoms with van der Waals surface area (Å²) in [5.41, 5.74) is -0.543. The average Bonchev–Trinajstić information content (AvgIpc) is 2.42. The number of aromatic hydroxyl groups is 1. The lowest BCUT2D eigenvalue weighted by Gasteiger charge is -2.07. The predicted octanol–water partition coefficient (Wildman–Crippen LogP) is 3.60. The number of hydrogen-bond acceptors (Lipinski definition) is 4. The van der Waals surface area contributed by atoms with E-state index in [0.717, 1.165) is 0 Å². The van der Waals surface area contributed by atoms with Gasteiger partial charge in [-0.2, -0.15) is 0 Å². The first kappa shape index (κ1) is 13.7. The van der Waals surface area contributed by atoms with Crippen molar-refractivity contribution in [3.05, 3.63) is 54.6 Å². The van der Waals surface area contributed by atoms with Crippen LogP contribution in [0.1, 0.15) is 0 Å². The third-order valence-corrected chi connectivity index (χ3v) is 3.86. The van der Waals surface area contributed by atoms with E-state index in [0.29, 0.717) is 0 Å². The summed E-state index contributed by atoms with van der Waals surface area (Å²) in [6.07, 6.45) is 0. The average molecular weight is 325 g/mol. The molecule has 8 heteroatoms. The van der Waals surface area contributed by atoms with E-state index in [4.69, 9.17) is 23.2 Å². The number of nitrogens with one attached hydrogen (secondary N) is 1. The summed E-state index contributed by atoms with van der Waals surface area (Å²) in [5, 5.41) is 20.6. The van der Waals surface area contributed by atoms with Crippen molar-refractivity contribution in [3.63, 3.8) is 0 Å². The van der Waals surface area contributed by atoms with Gasteiger partial charge >= 0.3 is 0 Å². The third kappa shape index (κ3) is 1.91. The number of hydrogen-bond donors (Lipinski definition) is 2. The fraction of sp³-hybridized carbons (Fsp3) is 0. The molecular formula is C13H6Cl2N2O4. The summed E-state index contributed by atoms with van der Waals surface area (Å²) in [6.45, 7) is 0. The molecule has 0 amide bonds. The molecule has 0 bridgehead atoms. The van der Waals surface area contributed by atoms with Crippen LogP contribution in [-0.4, -0.2) is 15.0 Å². The SMILES string of the molecule is O=c1c2c(Cl)c(O)ccc2[nH]c2c([N+](=O)[O-])ccc(Cl)c12. The monoisotopic (exact) mass is 324 g/mol. The van der Waals surface area contributed by atoms with Gasteiger partial charge in [0.2, 0.25) is 5.43 Å². The van der Waals surface area contributed by atoms with Crippen LogP contribution < -0.4 is 5.43 Å². The van der Waals surface area contributed by atoms with Crippen LogP contribution in [0, 0.1) is 10.1 Å². The van der Waals surface area contributed by atoms with Crippen molar-refractivity contribution in [2.75, 3.05) is 0 Å². The second-order valence-corrected chi connectivity index (χ2v) is 5.13. The molecule has 21 heavy (non-hydrogen) atoms. The Morgan fingerprint density at radius 1 is 1.14 bits per heavy atom. The maximum absolute atomic E-state index is 12.5. The zero-order valence-electron chi connectivity index (χ0n) is 10.2. The van der Waals surface area contributed by atoms with E-state index in [1.807, 2.05) is 0 Å². The number of nitrogens with zero attached hydrogens (tertiary/aromatic N) is 1. The van der Waals surface area contributed by atoms with Crippen LogP contribution >= 0.6 is 23.2 Å². The van der Waals surface area contributed by atoms with Gasteiger partial charge in [0.15, 0.2) is 0 Å². The van der Waals surface area contributed by atoms with E-state index in [-0.39, 0.29) is 43.3 Å². The van der Waals surface area contributed by atoms with Crippen molar-refractivity contribution in [1.82, 2.24) is 4.98 Å². The van der Waals surface area contributed by atoms with Crippen molar-refractivity contribution < 1.29 is 10.0 Å². The second kappa shape index (κ2) is 4.61. The fourth-order valence-corrected chi connectivity index (χ4v) is 2.71. The molecule has 1 heterocycles. The van der Waals surface area contributed by atoms with Crippen LogP contribution in [0.25, 0.3) is 21.8 Å². The summed E-state index contributed by atoms with van der Waals surface area (Å²) in [6, 6.07) is 5.21. The first-order valence-electron chi connectivity index (χ1n) is 5.72.